The molecule has 0 saturated carbocycles. The zero-order valence-electron chi connectivity index (χ0n) is 31.3. The fourth-order valence-electron chi connectivity index (χ4n) is 6.22. The number of nitro groups is 1. The molecule has 0 radical (unpaired) electrons. The summed E-state index contributed by atoms with van der Waals surface area (Å²) in [4.78, 5) is 93.2. The number of carbonyl (C=O) groups is 6. The SMILES string of the molecule is CC(=O)N1CCC[C@H]1C(=O)N[C@@H](CC(C)C)C(=O)NCC(=O)N[C@@H](Nc1ccc([N+](=O)[O-])cc1)C(=O)N[C@@H](Cc1ccccc1)C(=O)N(C)c1ccccc1. The Morgan fingerprint density at radius 2 is 1.49 bits per heavy atom. The molecular weight excluding hydrogens is 708 g/mol. The highest BCUT2D eigenvalue weighted by atomic mass is 16.6. The third-order valence-corrected chi connectivity index (χ3v) is 9.05. The van der Waals surface area contributed by atoms with Crippen molar-refractivity contribution in [1.82, 2.24) is 26.2 Å². The number of non-ortho nitro benzene ring substituents is 1. The highest BCUT2D eigenvalue weighted by Gasteiger charge is 2.35. The highest BCUT2D eigenvalue weighted by Crippen LogP contribution is 2.19. The number of benzene rings is 3. The lowest BCUT2D eigenvalue weighted by atomic mass is 10.0. The minimum Gasteiger partial charge on any atom is -0.358 e. The summed E-state index contributed by atoms with van der Waals surface area (Å²) in [6, 6.07) is 20.3. The van der Waals surface area contributed by atoms with Crippen molar-refractivity contribution in [3.63, 3.8) is 0 Å². The van der Waals surface area contributed by atoms with E-state index in [0.29, 0.717) is 25.1 Å². The Hall–Kier alpha value is -6.32. The molecule has 5 N–H and O–H groups in total. The van der Waals surface area contributed by atoms with Crippen molar-refractivity contribution in [3.05, 3.63) is 101 Å². The van der Waals surface area contributed by atoms with Crippen LogP contribution in [0.3, 0.4) is 0 Å². The maximum atomic E-state index is 14.0. The average molecular weight is 757 g/mol. The van der Waals surface area contributed by atoms with Crippen molar-refractivity contribution in [2.24, 2.45) is 5.92 Å². The van der Waals surface area contributed by atoms with E-state index in [1.807, 2.05) is 38.1 Å². The third-order valence-electron chi connectivity index (χ3n) is 9.05. The van der Waals surface area contributed by atoms with Gasteiger partial charge in [-0.25, -0.2) is 0 Å². The number of para-hydroxylation sites is 1. The number of hydrogen-bond donors (Lipinski definition) is 5. The van der Waals surface area contributed by atoms with E-state index in [0.717, 1.165) is 5.56 Å². The smallest absolute Gasteiger partial charge is 0.269 e. The maximum Gasteiger partial charge on any atom is 0.269 e. The van der Waals surface area contributed by atoms with Gasteiger partial charge in [-0.1, -0.05) is 62.4 Å². The van der Waals surface area contributed by atoms with Crippen LogP contribution in [-0.4, -0.2) is 89.7 Å². The van der Waals surface area contributed by atoms with Gasteiger partial charge in [-0.3, -0.25) is 38.9 Å². The number of anilines is 2. The lowest BCUT2D eigenvalue weighted by molar-refractivity contribution is -0.384. The number of rotatable bonds is 17. The molecule has 4 rings (SSSR count). The summed E-state index contributed by atoms with van der Waals surface area (Å²) in [6.07, 6.45) is -0.00957. The summed E-state index contributed by atoms with van der Waals surface area (Å²) in [5.74, 6) is -3.36. The largest absolute Gasteiger partial charge is 0.358 e. The first-order valence-corrected chi connectivity index (χ1v) is 18.1. The van der Waals surface area contributed by atoms with Crippen molar-refractivity contribution in [2.45, 2.75) is 70.7 Å². The number of likely N-dealkylation sites (tertiary alicyclic amines) is 1. The minimum atomic E-state index is -1.51. The van der Waals surface area contributed by atoms with Crippen molar-refractivity contribution in [3.8, 4) is 0 Å². The molecule has 292 valence electrons. The first-order valence-electron chi connectivity index (χ1n) is 18.1. The van der Waals surface area contributed by atoms with E-state index in [1.54, 1.807) is 43.4 Å². The van der Waals surface area contributed by atoms with Gasteiger partial charge in [0.25, 0.3) is 11.6 Å². The summed E-state index contributed by atoms with van der Waals surface area (Å²) in [5.41, 5.74) is 1.41. The minimum absolute atomic E-state index is 0.0104. The number of likely N-dealkylation sites (N-methyl/N-ethyl adjacent to an activating group) is 1. The molecule has 1 saturated heterocycles. The van der Waals surface area contributed by atoms with Crippen LogP contribution in [0.15, 0.2) is 84.9 Å². The molecule has 1 aliphatic heterocycles. The van der Waals surface area contributed by atoms with Crippen LogP contribution in [-0.2, 0) is 35.2 Å². The summed E-state index contributed by atoms with van der Waals surface area (Å²) >= 11 is 0. The predicted molar refractivity (Wildman–Crippen MR) is 205 cm³/mol. The Morgan fingerprint density at radius 3 is 2.09 bits per heavy atom. The number of nitrogens with one attached hydrogen (secondary N) is 5. The van der Waals surface area contributed by atoms with E-state index in [1.165, 1.54) is 41.0 Å². The topological polar surface area (TPSA) is 212 Å². The fourth-order valence-corrected chi connectivity index (χ4v) is 6.22. The van der Waals surface area contributed by atoms with Crippen molar-refractivity contribution in [1.29, 1.82) is 0 Å². The molecule has 0 aliphatic carbocycles. The first kappa shape index (κ1) is 41.4. The molecule has 0 bridgehead atoms. The fraction of sp³-hybridized carbons (Fsp3) is 0.385. The van der Waals surface area contributed by atoms with Crippen LogP contribution in [0.25, 0.3) is 0 Å². The van der Waals surface area contributed by atoms with E-state index in [9.17, 15) is 38.9 Å². The second-order valence-corrected chi connectivity index (χ2v) is 13.7. The Balaban J connectivity index is 1.51. The number of amides is 6. The maximum absolute atomic E-state index is 14.0. The second kappa shape index (κ2) is 19.7. The summed E-state index contributed by atoms with van der Waals surface area (Å²) in [6.45, 7) is 4.99. The standard InChI is InChI=1S/C39H48N8O8/c1-25(2)22-31(42-37(51)33-16-11-21-46(33)26(3)48)36(50)40-24-34(49)44-35(41-28-17-19-30(20-18-28)47(54)55)38(52)43-32(23-27-12-7-5-8-13-27)39(53)45(4)29-14-9-6-10-15-29/h5-10,12-15,17-20,25,31-33,35,41H,11,16,21-24H2,1-4H3,(H,40,50)(H,42,51)(H,43,52)(H,44,49)/t31-,32-,33-,35+/m0/s1. The highest BCUT2D eigenvalue weighted by molar-refractivity contribution is 6.00. The Bertz CT molecular complexity index is 1820. The van der Waals surface area contributed by atoms with Crippen molar-refractivity contribution in [2.75, 3.05) is 30.4 Å². The van der Waals surface area contributed by atoms with Crippen LogP contribution in [0.1, 0.15) is 45.6 Å². The lowest BCUT2D eigenvalue weighted by Crippen LogP contribution is -2.58. The van der Waals surface area contributed by atoms with Crippen molar-refractivity contribution >= 4 is 52.5 Å². The van der Waals surface area contributed by atoms with Gasteiger partial charge in [0.2, 0.25) is 29.5 Å². The van der Waals surface area contributed by atoms with Gasteiger partial charge in [-0.2, -0.15) is 0 Å². The number of hydrogen-bond acceptors (Lipinski definition) is 9. The zero-order chi connectivity index (χ0) is 40.1. The molecule has 3 aromatic carbocycles. The number of nitro benzene ring substituents is 1. The Kier molecular flexibility index (Phi) is 14.8. The third kappa shape index (κ3) is 12.1. The molecule has 3 aromatic rings. The lowest BCUT2D eigenvalue weighted by Gasteiger charge is -2.28. The predicted octanol–water partition coefficient (Wildman–Crippen LogP) is 2.50. The van der Waals surface area contributed by atoms with Crippen LogP contribution in [0, 0.1) is 16.0 Å². The van der Waals surface area contributed by atoms with Crippen LogP contribution in [0.4, 0.5) is 17.1 Å². The normalized spacial score (nSPS) is 15.2. The second-order valence-electron chi connectivity index (χ2n) is 13.7. The van der Waals surface area contributed by atoms with Crippen LogP contribution >= 0.6 is 0 Å². The van der Waals surface area contributed by atoms with Gasteiger partial charge in [0.15, 0.2) is 6.17 Å². The number of carbonyl (C=O) groups excluding carboxylic acids is 6. The van der Waals surface area contributed by atoms with E-state index >= 15 is 0 Å². The van der Waals surface area contributed by atoms with Gasteiger partial charge in [-0.05, 0) is 55.0 Å². The van der Waals surface area contributed by atoms with Gasteiger partial charge in [0, 0.05) is 50.4 Å². The monoisotopic (exact) mass is 756 g/mol. The molecule has 6 amide bonds. The van der Waals surface area contributed by atoms with E-state index in [-0.39, 0.29) is 36.0 Å². The molecule has 1 heterocycles. The molecule has 16 heteroatoms. The summed E-state index contributed by atoms with van der Waals surface area (Å²) < 4.78 is 0. The van der Waals surface area contributed by atoms with Gasteiger partial charge >= 0.3 is 0 Å². The molecule has 16 nitrogen and oxygen atoms in total. The molecule has 0 aromatic heterocycles. The first-order chi connectivity index (χ1) is 26.2. The molecule has 1 fully saturated rings. The Morgan fingerprint density at radius 1 is 0.855 bits per heavy atom. The van der Waals surface area contributed by atoms with Crippen LogP contribution < -0.4 is 31.5 Å². The van der Waals surface area contributed by atoms with Crippen molar-refractivity contribution < 1.29 is 33.7 Å². The van der Waals surface area contributed by atoms with Gasteiger partial charge in [-0.15, -0.1) is 0 Å². The summed E-state index contributed by atoms with van der Waals surface area (Å²) in [5, 5.41) is 24.7. The molecule has 4 atom stereocenters. The van der Waals surface area contributed by atoms with E-state index in [2.05, 4.69) is 26.6 Å². The van der Waals surface area contributed by atoms with Gasteiger partial charge in [0.1, 0.15) is 18.1 Å². The summed E-state index contributed by atoms with van der Waals surface area (Å²) in [7, 11) is 1.58. The molecule has 55 heavy (non-hydrogen) atoms. The van der Waals surface area contributed by atoms with Crippen LogP contribution in [0.5, 0.6) is 0 Å². The van der Waals surface area contributed by atoms with Gasteiger partial charge < -0.3 is 36.4 Å². The van der Waals surface area contributed by atoms with Gasteiger partial charge in [0.05, 0.1) is 11.5 Å². The Labute approximate surface area is 319 Å². The molecule has 0 spiro atoms. The quantitative estimate of drug-likeness (QED) is 0.0777. The zero-order valence-corrected chi connectivity index (χ0v) is 31.3. The van der Waals surface area contributed by atoms with Crippen LogP contribution in [0.2, 0.25) is 0 Å². The molecule has 0 unspecified atom stereocenters. The van der Waals surface area contributed by atoms with E-state index in [4.69, 9.17) is 0 Å². The molecule has 1 aliphatic rings. The average Bonchev–Trinajstić information content (AvgIpc) is 3.67. The molecular formula is C39H48N8O8. The van der Waals surface area contributed by atoms with E-state index < -0.39 is 65.3 Å². The number of nitrogens with zero attached hydrogens (tertiary/aromatic N) is 3.